The fourth-order valence-corrected chi connectivity index (χ4v) is 4.11. The molecule has 0 unspecified atom stereocenters. The Morgan fingerprint density at radius 3 is 2.52 bits per heavy atom. The fraction of sp³-hybridized carbons (Fsp3) is 0.417. The van der Waals surface area contributed by atoms with E-state index in [-0.39, 0.29) is 16.5 Å². The molecule has 0 radical (unpaired) electrons. The fourth-order valence-electron chi connectivity index (χ4n) is 2.03. The van der Waals surface area contributed by atoms with Gasteiger partial charge in [-0.05, 0) is 31.0 Å². The van der Waals surface area contributed by atoms with E-state index in [2.05, 4.69) is 5.32 Å². The molecule has 0 bridgehead atoms. The predicted molar refractivity (Wildman–Crippen MR) is 77.8 cm³/mol. The quantitative estimate of drug-likeness (QED) is 0.833. The van der Waals surface area contributed by atoms with Gasteiger partial charge in [-0.3, -0.25) is 9.00 Å². The van der Waals surface area contributed by atoms with Crippen molar-refractivity contribution in [3.05, 3.63) is 29.6 Å². The highest BCUT2D eigenvalue weighted by Gasteiger charge is 2.23. The highest BCUT2D eigenvalue weighted by molar-refractivity contribution is 8.13. The van der Waals surface area contributed by atoms with Crippen molar-refractivity contribution in [2.75, 3.05) is 11.5 Å². The Kier molecular flexibility index (Phi) is 5.00. The van der Waals surface area contributed by atoms with Crippen LogP contribution in [0.4, 0.5) is 4.39 Å². The molecule has 9 heteroatoms. The summed E-state index contributed by atoms with van der Waals surface area (Å²) in [6.07, 6.45) is 1.10. The topological polar surface area (TPSA) is 80.3 Å². The van der Waals surface area contributed by atoms with Crippen LogP contribution in [0, 0.1) is 5.82 Å². The second-order valence-corrected chi connectivity index (χ2v) is 8.94. The molecule has 1 aliphatic rings. The molecule has 0 saturated carbocycles. The van der Waals surface area contributed by atoms with Gasteiger partial charge < -0.3 is 5.32 Å². The van der Waals surface area contributed by atoms with Crippen molar-refractivity contribution >= 4 is 36.4 Å². The zero-order chi connectivity index (χ0) is 15.6. The lowest BCUT2D eigenvalue weighted by Crippen LogP contribution is -2.39. The number of nitrogens with one attached hydrogen (secondary N) is 1. The van der Waals surface area contributed by atoms with Gasteiger partial charge in [0.05, 0.1) is 10.5 Å². The summed E-state index contributed by atoms with van der Waals surface area (Å²) in [6, 6.07) is 2.61. The van der Waals surface area contributed by atoms with Gasteiger partial charge >= 0.3 is 0 Å². The minimum absolute atomic E-state index is 0.189. The lowest BCUT2D eigenvalue weighted by atomic mass is 10.1. The molecule has 0 aromatic heterocycles. The van der Waals surface area contributed by atoms with Gasteiger partial charge in [0, 0.05) is 39.0 Å². The van der Waals surface area contributed by atoms with E-state index in [0.29, 0.717) is 24.3 Å². The molecule has 116 valence electrons. The molecule has 0 spiro atoms. The Bertz CT molecular complexity index is 682. The third-order valence-electron chi connectivity index (χ3n) is 3.19. The summed E-state index contributed by atoms with van der Waals surface area (Å²) >= 11 is 0. The van der Waals surface area contributed by atoms with Gasteiger partial charge in [0.2, 0.25) is 0 Å². The van der Waals surface area contributed by atoms with Crippen LogP contribution in [0.1, 0.15) is 23.2 Å². The van der Waals surface area contributed by atoms with E-state index in [1.165, 1.54) is 0 Å². The lowest BCUT2D eigenvalue weighted by molar-refractivity contribution is 0.0930. The summed E-state index contributed by atoms with van der Waals surface area (Å²) in [5.41, 5.74) is -0.372. The molecular formula is C12H13ClFNO4S2. The maximum atomic E-state index is 13.7. The Morgan fingerprint density at radius 1 is 1.33 bits per heavy atom. The number of carbonyl (C=O) groups is 1. The number of amides is 1. The average molecular weight is 354 g/mol. The van der Waals surface area contributed by atoms with Crippen LogP contribution in [-0.2, 0) is 19.9 Å². The number of hydrogen-bond acceptors (Lipinski definition) is 4. The average Bonchev–Trinajstić information content (AvgIpc) is 2.40. The van der Waals surface area contributed by atoms with Crippen molar-refractivity contribution in [3.8, 4) is 0 Å². The minimum Gasteiger partial charge on any atom is -0.349 e. The third kappa shape index (κ3) is 4.24. The zero-order valence-corrected chi connectivity index (χ0v) is 13.2. The maximum Gasteiger partial charge on any atom is 0.261 e. The second-order valence-electron chi connectivity index (χ2n) is 4.68. The number of hydrogen-bond donors (Lipinski definition) is 1. The molecule has 1 aliphatic heterocycles. The van der Waals surface area contributed by atoms with Crippen molar-refractivity contribution in [2.24, 2.45) is 0 Å². The standard InChI is InChI=1S/C12H13ClFNO4S2/c13-21(18,19)9-1-2-11(14)10(7-9)12(16)15-8-3-5-20(17)6-4-8/h1-2,7-8H,3-6H2,(H,15,16). The molecular weight excluding hydrogens is 341 g/mol. The maximum absolute atomic E-state index is 13.7. The first-order chi connectivity index (χ1) is 9.77. The summed E-state index contributed by atoms with van der Waals surface area (Å²) in [4.78, 5) is 11.7. The van der Waals surface area contributed by atoms with Crippen LogP contribution in [0.25, 0.3) is 0 Å². The Hall–Kier alpha value is -0.990. The monoisotopic (exact) mass is 353 g/mol. The van der Waals surface area contributed by atoms with Crippen molar-refractivity contribution in [3.63, 3.8) is 0 Å². The van der Waals surface area contributed by atoms with Crippen LogP contribution < -0.4 is 5.32 Å². The largest absolute Gasteiger partial charge is 0.349 e. The number of halogens is 2. The Morgan fingerprint density at radius 2 is 1.95 bits per heavy atom. The van der Waals surface area contributed by atoms with E-state index in [1.54, 1.807) is 0 Å². The van der Waals surface area contributed by atoms with Gasteiger partial charge in [-0.15, -0.1) is 0 Å². The molecule has 2 rings (SSSR count). The summed E-state index contributed by atoms with van der Waals surface area (Å²) in [7, 11) is 0.287. The Balaban J connectivity index is 2.17. The van der Waals surface area contributed by atoms with Crippen LogP contribution in [0.5, 0.6) is 0 Å². The molecule has 1 aromatic carbocycles. The van der Waals surface area contributed by atoms with Crippen molar-refractivity contribution in [1.82, 2.24) is 5.32 Å². The first kappa shape index (κ1) is 16.4. The summed E-state index contributed by atoms with van der Waals surface area (Å²) < 4.78 is 47.4. The van der Waals surface area contributed by atoms with Gasteiger partial charge in [-0.2, -0.15) is 0 Å². The SMILES string of the molecule is O=C(NC1CCS(=O)CC1)c1cc(S(=O)(=O)Cl)ccc1F. The zero-order valence-electron chi connectivity index (χ0n) is 10.8. The molecule has 1 amide bonds. The molecule has 5 nitrogen and oxygen atoms in total. The molecule has 1 aromatic rings. The number of rotatable bonds is 3. The van der Waals surface area contributed by atoms with E-state index in [0.717, 1.165) is 18.2 Å². The highest BCUT2D eigenvalue weighted by Crippen LogP contribution is 2.19. The third-order valence-corrected chi connectivity index (χ3v) is 5.92. The van der Waals surface area contributed by atoms with Crippen molar-refractivity contribution in [1.29, 1.82) is 0 Å². The van der Waals surface area contributed by atoms with Gasteiger partial charge in [0.1, 0.15) is 5.82 Å². The van der Waals surface area contributed by atoms with Crippen LogP contribution in [0.15, 0.2) is 23.1 Å². The predicted octanol–water partition coefficient (Wildman–Crippen LogP) is 1.39. The summed E-state index contributed by atoms with van der Waals surface area (Å²) in [6.45, 7) is 0. The number of carbonyl (C=O) groups excluding carboxylic acids is 1. The number of benzene rings is 1. The molecule has 0 atom stereocenters. The first-order valence-electron chi connectivity index (χ1n) is 6.17. The van der Waals surface area contributed by atoms with Crippen molar-refractivity contribution < 1.29 is 21.8 Å². The smallest absolute Gasteiger partial charge is 0.261 e. The van der Waals surface area contributed by atoms with Crippen LogP contribution in [0.3, 0.4) is 0 Å². The van der Waals surface area contributed by atoms with Gasteiger partial charge in [-0.25, -0.2) is 12.8 Å². The minimum atomic E-state index is -4.03. The summed E-state index contributed by atoms with van der Waals surface area (Å²) in [5, 5.41) is 2.62. The molecule has 1 saturated heterocycles. The van der Waals surface area contributed by atoms with E-state index < -0.39 is 31.6 Å². The molecule has 1 N–H and O–H groups in total. The van der Waals surface area contributed by atoms with Crippen LogP contribution in [-0.4, -0.2) is 36.1 Å². The lowest BCUT2D eigenvalue weighted by Gasteiger charge is -2.22. The van der Waals surface area contributed by atoms with Crippen LogP contribution in [0.2, 0.25) is 0 Å². The van der Waals surface area contributed by atoms with E-state index >= 15 is 0 Å². The van der Waals surface area contributed by atoms with E-state index in [1.807, 2.05) is 0 Å². The van der Waals surface area contributed by atoms with Gasteiger partial charge in [0.15, 0.2) is 0 Å². The molecule has 1 heterocycles. The molecule has 1 fully saturated rings. The Labute approximate surface area is 128 Å². The van der Waals surface area contributed by atoms with Crippen LogP contribution >= 0.6 is 10.7 Å². The van der Waals surface area contributed by atoms with Gasteiger partial charge in [-0.1, -0.05) is 0 Å². The van der Waals surface area contributed by atoms with E-state index in [9.17, 15) is 21.8 Å². The summed E-state index contributed by atoms with van der Waals surface area (Å²) in [5.74, 6) is -0.545. The van der Waals surface area contributed by atoms with E-state index in [4.69, 9.17) is 10.7 Å². The highest BCUT2D eigenvalue weighted by atomic mass is 35.7. The molecule has 21 heavy (non-hydrogen) atoms. The molecule has 0 aliphatic carbocycles. The van der Waals surface area contributed by atoms with Crippen molar-refractivity contribution in [2.45, 2.75) is 23.8 Å². The normalized spacial score (nSPS) is 22.8. The first-order valence-corrected chi connectivity index (χ1v) is 9.97. The van der Waals surface area contributed by atoms with Gasteiger partial charge in [0.25, 0.3) is 15.0 Å². The second kappa shape index (κ2) is 6.41.